The second-order valence-electron chi connectivity index (χ2n) is 9.57. The SMILES string of the molecule is CN(C(=O)c1cccc(-c2ccc3oc(-c4ccc(F)cc4)cc3c2)c1)C1(c2ccccc2)CCC1. The van der Waals surface area contributed by atoms with E-state index in [1.807, 2.05) is 72.6 Å². The second kappa shape index (κ2) is 8.80. The minimum atomic E-state index is -0.274. The Morgan fingerprint density at radius 1 is 0.806 bits per heavy atom. The predicted octanol–water partition coefficient (Wildman–Crippen LogP) is 8.06. The highest BCUT2D eigenvalue weighted by atomic mass is 19.1. The van der Waals surface area contributed by atoms with Gasteiger partial charge in [-0.15, -0.1) is 0 Å². The van der Waals surface area contributed by atoms with Crippen LogP contribution in [0.2, 0.25) is 0 Å². The van der Waals surface area contributed by atoms with E-state index in [1.54, 1.807) is 12.1 Å². The molecule has 1 heterocycles. The molecule has 1 aromatic heterocycles. The maximum absolute atomic E-state index is 13.6. The summed E-state index contributed by atoms with van der Waals surface area (Å²) >= 11 is 0. The molecule has 0 saturated heterocycles. The third kappa shape index (κ3) is 3.79. The van der Waals surface area contributed by atoms with Gasteiger partial charge in [-0.25, -0.2) is 4.39 Å². The van der Waals surface area contributed by atoms with E-state index in [9.17, 15) is 9.18 Å². The molecule has 0 radical (unpaired) electrons. The van der Waals surface area contributed by atoms with Crippen LogP contribution in [0.4, 0.5) is 4.39 Å². The van der Waals surface area contributed by atoms with E-state index in [0.717, 1.165) is 46.9 Å². The van der Waals surface area contributed by atoms with E-state index in [-0.39, 0.29) is 17.3 Å². The van der Waals surface area contributed by atoms with Gasteiger partial charge in [-0.1, -0.05) is 48.5 Å². The van der Waals surface area contributed by atoms with Crippen LogP contribution in [0.25, 0.3) is 33.4 Å². The first-order valence-electron chi connectivity index (χ1n) is 12.3. The lowest BCUT2D eigenvalue weighted by Gasteiger charge is -2.49. The van der Waals surface area contributed by atoms with Crippen molar-refractivity contribution < 1.29 is 13.6 Å². The van der Waals surface area contributed by atoms with E-state index in [2.05, 4.69) is 18.2 Å². The molecular formula is C32H26FNO2. The van der Waals surface area contributed by atoms with Gasteiger partial charge in [0.1, 0.15) is 17.2 Å². The number of rotatable bonds is 5. The second-order valence-corrected chi connectivity index (χ2v) is 9.57. The number of fused-ring (bicyclic) bond motifs is 1. The number of furan rings is 1. The van der Waals surface area contributed by atoms with Gasteiger partial charge < -0.3 is 9.32 Å². The van der Waals surface area contributed by atoms with Crippen molar-refractivity contribution in [3.05, 3.63) is 120 Å². The van der Waals surface area contributed by atoms with Crippen molar-refractivity contribution in [1.82, 2.24) is 4.90 Å². The van der Waals surface area contributed by atoms with Crippen LogP contribution in [0.3, 0.4) is 0 Å². The van der Waals surface area contributed by atoms with E-state index in [1.165, 1.54) is 17.7 Å². The quantitative estimate of drug-likeness (QED) is 0.258. The molecule has 0 unspecified atom stereocenters. The van der Waals surface area contributed by atoms with Gasteiger partial charge in [0.25, 0.3) is 5.91 Å². The Kier molecular flexibility index (Phi) is 5.45. The van der Waals surface area contributed by atoms with Crippen molar-refractivity contribution in [3.63, 3.8) is 0 Å². The molecule has 1 saturated carbocycles. The number of carbonyl (C=O) groups excluding carboxylic acids is 1. The fraction of sp³-hybridized carbons (Fsp3) is 0.156. The van der Waals surface area contributed by atoms with E-state index < -0.39 is 0 Å². The number of hydrogen-bond donors (Lipinski definition) is 0. The Bertz CT molecular complexity index is 1550. The Hall–Kier alpha value is -4.18. The van der Waals surface area contributed by atoms with E-state index in [0.29, 0.717) is 11.3 Å². The van der Waals surface area contributed by atoms with Crippen LogP contribution >= 0.6 is 0 Å². The van der Waals surface area contributed by atoms with Crippen molar-refractivity contribution in [2.45, 2.75) is 24.8 Å². The molecule has 6 rings (SSSR count). The number of amides is 1. The molecule has 0 atom stereocenters. The summed E-state index contributed by atoms with van der Waals surface area (Å²) in [6, 6.07) is 32.4. The Labute approximate surface area is 209 Å². The third-order valence-electron chi connectivity index (χ3n) is 7.53. The van der Waals surface area contributed by atoms with Crippen molar-refractivity contribution >= 4 is 16.9 Å². The Morgan fingerprint density at radius 2 is 1.53 bits per heavy atom. The average Bonchev–Trinajstić information content (AvgIpc) is 3.32. The van der Waals surface area contributed by atoms with E-state index >= 15 is 0 Å². The first-order chi connectivity index (χ1) is 17.5. The van der Waals surface area contributed by atoms with Crippen LogP contribution in [-0.2, 0) is 5.54 Å². The molecule has 5 aromatic rings. The highest BCUT2D eigenvalue weighted by Gasteiger charge is 2.44. The van der Waals surface area contributed by atoms with Crippen molar-refractivity contribution in [2.24, 2.45) is 0 Å². The summed E-state index contributed by atoms with van der Waals surface area (Å²) < 4.78 is 19.3. The molecule has 1 amide bonds. The molecule has 36 heavy (non-hydrogen) atoms. The molecule has 1 fully saturated rings. The van der Waals surface area contributed by atoms with Crippen molar-refractivity contribution in [2.75, 3.05) is 7.05 Å². The third-order valence-corrected chi connectivity index (χ3v) is 7.53. The number of carbonyl (C=O) groups is 1. The molecule has 0 N–H and O–H groups in total. The van der Waals surface area contributed by atoms with Crippen LogP contribution in [-0.4, -0.2) is 17.9 Å². The topological polar surface area (TPSA) is 33.5 Å². The molecule has 0 aliphatic heterocycles. The van der Waals surface area contributed by atoms with Gasteiger partial charge in [0.15, 0.2) is 0 Å². The normalized spacial score (nSPS) is 14.4. The van der Waals surface area contributed by atoms with E-state index in [4.69, 9.17) is 4.42 Å². The maximum Gasteiger partial charge on any atom is 0.254 e. The lowest BCUT2D eigenvalue weighted by atomic mass is 9.70. The maximum atomic E-state index is 13.6. The molecular weight excluding hydrogens is 449 g/mol. The highest BCUT2D eigenvalue weighted by Crippen LogP contribution is 2.46. The fourth-order valence-electron chi connectivity index (χ4n) is 5.28. The smallest absolute Gasteiger partial charge is 0.254 e. The van der Waals surface area contributed by atoms with Crippen LogP contribution in [0.15, 0.2) is 108 Å². The molecule has 3 nitrogen and oxygen atoms in total. The van der Waals surface area contributed by atoms with Gasteiger partial charge in [-0.2, -0.15) is 0 Å². The van der Waals surface area contributed by atoms with Crippen LogP contribution < -0.4 is 0 Å². The van der Waals surface area contributed by atoms with Gasteiger partial charge in [0, 0.05) is 23.6 Å². The molecule has 1 aliphatic rings. The number of nitrogens with zero attached hydrogens (tertiary/aromatic N) is 1. The van der Waals surface area contributed by atoms with Crippen LogP contribution in [0.5, 0.6) is 0 Å². The molecule has 4 aromatic carbocycles. The van der Waals surface area contributed by atoms with Gasteiger partial charge in [-0.05, 0) is 90.6 Å². The van der Waals surface area contributed by atoms with Gasteiger partial charge in [0.2, 0.25) is 0 Å². The van der Waals surface area contributed by atoms with Crippen molar-refractivity contribution in [3.8, 4) is 22.5 Å². The number of hydrogen-bond acceptors (Lipinski definition) is 2. The number of benzene rings is 4. The summed E-state index contributed by atoms with van der Waals surface area (Å²) in [4.78, 5) is 15.6. The zero-order valence-electron chi connectivity index (χ0n) is 20.1. The monoisotopic (exact) mass is 475 g/mol. The molecule has 0 spiro atoms. The number of halogens is 1. The van der Waals surface area contributed by atoms with Gasteiger partial charge >= 0.3 is 0 Å². The summed E-state index contributed by atoms with van der Waals surface area (Å²) in [6.45, 7) is 0. The first-order valence-corrected chi connectivity index (χ1v) is 12.3. The summed E-state index contributed by atoms with van der Waals surface area (Å²) in [6.07, 6.45) is 3.08. The summed E-state index contributed by atoms with van der Waals surface area (Å²) in [7, 11) is 1.93. The first kappa shape index (κ1) is 22.3. The lowest BCUT2D eigenvalue weighted by molar-refractivity contribution is 0.0260. The van der Waals surface area contributed by atoms with Crippen molar-refractivity contribution in [1.29, 1.82) is 0 Å². The largest absolute Gasteiger partial charge is 0.456 e. The van der Waals surface area contributed by atoms with Crippen LogP contribution in [0.1, 0.15) is 35.2 Å². The van der Waals surface area contributed by atoms with Crippen LogP contribution in [0, 0.1) is 5.82 Å². The Morgan fingerprint density at radius 3 is 2.25 bits per heavy atom. The fourth-order valence-corrected chi connectivity index (χ4v) is 5.28. The summed E-state index contributed by atoms with van der Waals surface area (Å²) in [5, 5.41) is 0.957. The molecule has 178 valence electrons. The zero-order valence-corrected chi connectivity index (χ0v) is 20.1. The summed E-state index contributed by atoms with van der Waals surface area (Å²) in [5.41, 5.74) is 5.21. The minimum Gasteiger partial charge on any atom is -0.456 e. The zero-order chi connectivity index (χ0) is 24.7. The van der Waals surface area contributed by atoms with Gasteiger partial charge in [0.05, 0.1) is 5.54 Å². The lowest BCUT2D eigenvalue weighted by Crippen LogP contribution is -2.51. The summed E-state index contributed by atoms with van der Waals surface area (Å²) in [5.74, 6) is 0.451. The predicted molar refractivity (Wildman–Crippen MR) is 141 cm³/mol. The standard InChI is InChI=1S/C32H26FNO2/c1-34(32(17-6-18-32)27-9-3-2-4-10-27)31(35)25-8-5-7-23(19-25)24-13-16-29-26(20-24)21-30(36-29)22-11-14-28(33)15-12-22/h2-5,7-16,19-21H,6,17-18H2,1H3. The highest BCUT2D eigenvalue weighted by molar-refractivity contribution is 5.96. The Balaban J connectivity index is 1.30. The van der Waals surface area contributed by atoms with Gasteiger partial charge in [-0.3, -0.25) is 4.79 Å². The molecule has 4 heteroatoms. The minimum absolute atomic E-state index is 0.0309. The molecule has 1 aliphatic carbocycles. The molecule has 0 bridgehead atoms. The average molecular weight is 476 g/mol.